The number of halogens is 1. The van der Waals surface area contributed by atoms with Crippen LogP contribution in [0.15, 0.2) is 48.5 Å². The average Bonchev–Trinajstić information content (AvgIpc) is 2.38. The van der Waals surface area contributed by atoms with Gasteiger partial charge in [-0.05, 0) is 23.8 Å². The van der Waals surface area contributed by atoms with Crippen LogP contribution in [0.3, 0.4) is 0 Å². The van der Waals surface area contributed by atoms with E-state index < -0.39 is 0 Å². The second-order valence-corrected chi connectivity index (χ2v) is 3.78. The maximum atomic E-state index is 13.1. The van der Waals surface area contributed by atoms with Crippen molar-refractivity contribution in [2.45, 2.75) is 6.54 Å². The summed E-state index contributed by atoms with van der Waals surface area (Å²) in [5.41, 5.74) is 2.83. The molecule has 0 bridgehead atoms. The van der Waals surface area contributed by atoms with Gasteiger partial charge < -0.3 is 10.6 Å². The van der Waals surface area contributed by atoms with Crippen molar-refractivity contribution in [3.05, 3.63) is 59.9 Å². The predicted octanol–water partition coefficient (Wildman–Crippen LogP) is 3.48. The van der Waals surface area contributed by atoms with E-state index in [2.05, 4.69) is 10.6 Å². The lowest BCUT2D eigenvalue weighted by Crippen LogP contribution is -2.03. The highest BCUT2D eigenvalue weighted by molar-refractivity contribution is 5.68. The van der Waals surface area contributed by atoms with Crippen molar-refractivity contribution < 1.29 is 4.39 Å². The maximum absolute atomic E-state index is 13.1. The molecule has 0 atom stereocenters. The number of hydrogen-bond donors (Lipinski definition) is 2. The first kappa shape index (κ1) is 11.5. The molecule has 0 saturated carbocycles. The molecule has 0 unspecified atom stereocenters. The number of anilines is 2. The van der Waals surface area contributed by atoms with Gasteiger partial charge in [0.1, 0.15) is 5.82 Å². The third-order valence-corrected chi connectivity index (χ3v) is 2.58. The molecule has 88 valence electrons. The van der Waals surface area contributed by atoms with Gasteiger partial charge in [-0.15, -0.1) is 0 Å². The Labute approximate surface area is 100 Å². The van der Waals surface area contributed by atoms with Crippen LogP contribution >= 0.6 is 0 Å². The van der Waals surface area contributed by atoms with Crippen LogP contribution in [-0.2, 0) is 6.54 Å². The summed E-state index contributed by atoms with van der Waals surface area (Å²) in [6.45, 7) is 0.680. The van der Waals surface area contributed by atoms with E-state index in [1.807, 2.05) is 37.4 Å². The largest absolute Gasteiger partial charge is 0.386 e. The van der Waals surface area contributed by atoms with Crippen molar-refractivity contribution in [2.75, 3.05) is 17.7 Å². The fourth-order valence-corrected chi connectivity index (χ4v) is 1.67. The Morgan fingerprint density at radius 3 is 2.47 bits per heavy atom. The highest BCUT2D eigenvalue weighted by Crippen LogP contribution is 2.22. The van der Waals surface area contributed by atoms with Gasteiger partial charge in [-0.1, -0.05) is 30.3 Å². The fourth-order valence-electron chi connectivity index (χ4n) is 1.67. The van der Waals surface area contributed by atoms with Crippen molar-refractivity contribution in [1.82, 2.24) is 0 Å². The van der Waals surface area contributed by atoms with E-state index in [1.54, 1.807) is 6.07 Å². The minimum absolute atomic E-state index is 0.237. The molecule has 0 amide bonds. The summed E-state index contributed by atoms with van der Waals surface area (Å²) in [5.74, 6) is -0.237. The van der Waals surface area contributed by atoms with Crippen LogP contribution in [-0.4, -0.2) is 7.05 Å². The van der Waals surface area contributed by atoms with Crippen molar-refractivity contribution in [2.24, 2.45) is 0 Å². The third kappa shape index (κ3) is 2.97. The molecule has 0 aromatic heterocycles. The Balaban J connectivity index is 2.11. The van der Waals surface area contributed by atoms with Gasteiger partial charge in [-0.3, -0.25) is 0 Å². The molecule has 0 saturated heterocycles. The van der Waals surface area contributed by atoms with E-state index in [4.69, 9.17) is 0 Å². The Hall–Kier alpha value is -2.03. The molecule has 0 aliphatic carbocycles. The lowest BCUT2D eigenvalue weighted by molar-refractivity contribution is 0.628. The van der Waals surface area contributed by atoms with E-state index in [-0.39, 0.29) is 5.82 Å². The highest BCUT2D eigenvalue weighted by atomic mass is 19.1. The Morgan fingerprint density at radius 2 is 1.76 bits per heavy atom. The first-order chi connectivity index (χ1) is 8.29. The molecule has 0 spiro atoms. The summed E-state index contributed by atoms with van der Waals surface area (Å²) in [6.07, 6.45) is 0. The quantitative estimate of drug-likeness (QED) is 0.840. The Morgan fingerprint density at radius 1 is 1.00 bits per heavy atom. The minimum Gasteiger partial charge on any atom is -0.386 e. The van der Waals surface area contributed by atoms with Crippen LogP contribution in [0.2, 0.25) is 0 Å². The molecule has 2 aromatic rings. The number of rotatable bonds is 4. The van der Waals surface area contributed by atoms with Gasteiger partial charge >= 0.3 is 0 Å². The Kier molecular flexibility index (Phi) is 3.60. The normalized spacial score (nSPS) is 10.0. The molecule has 17 heavy (non-hydrogen) atoms. The summed E-state index contributed by atoms with van der Waals surface area (Å²) >= 11 is 0. The van der Waals surface area contributed by atoms with Gasteiger partial charge in [0, 0.05) is 13.6 Å². The van der Waals surface area contributed by atoms with Crippen molar-refractivity contribution in [1.29, 1.82) is 0 Å². The van der Waals surface area contributed by atoms with Crippen LogP contribution < -0.4 is 10.6 Å². The maximum Gasteiger partial charge on any atom is 0.125 e. The SMILES string of the molecule is CNc1ccc(F)cc1NCc1ccccc1. The zero-order chi connectivity index (χ0) is 12.1. The molecule has 0 aliphatic heterocycles. The van der Waals surface area contributed by atoms with Gasteiger partial charge in [-0.2, -0.15) is 0 Å². The van der Waals surface area contributed by atoms with Crippen LogP contribution in [0.1, 0.15) is 5.56 Å². The van der Waals surface area contributed by atoms with E-state index in [0.717, 1.165) is 11.4 Å². The van der Waals surface area contributed by atoms with Crippen LogP contribution in [0.5, 0.6) is 0 Å². The van der Waals surface area contributed by atoms with Crippen molar-refractivity contribution in [3.63, 3.8) is 0 Å². The zero-order valence-electron chi connectivity index (χ0n) is 9.70. The molecule has 2 N–H and O–H groups in total. The standard InChI is InChI=1S/C14H15FN2/c1-16-13-8-7-12(15)9-14(13)17-10-11-5-3-2-4-6-11/h2-9,16-17H,10H2,1H3. The molecule has 2 rings (SSSR count). The van der Waals surface area contributed by atoms with Crippen LogP contribution in [0, 0.1) is 5.82 Å². The van der Waals surface area contributed by atoms with Gasteiger partial charge in [0.25, 0.3) is 0 Å². The van der Waals surface area contributed by atoms with Gasteiger partial charge in [0.05, 0.1) is 11.4 Å². The van der Waals surface area contributed by atoms with E-state index >= 15 is 0 Å². The first-order valence-corrected chi connectivity index (χ1v) is 5.54. The summed E-state index contributed by atoms with van der Waals surface area (Å²) in [4.78, 5) is 0. The molecular weight excluding hydrogens is 215 g/mol. The van der Waals surface area contributed by atoms with Crippen LogP contribution in [0.25, 0.3) is 0 Å². The summed E-state index contributed by atoms with van der Waals surface area (Å²) < 4.78 is 13.1. The Bertz CT molecular complexity index is 483. The average molecular weight is 230 g/mol. The molecular formula is C14H15FN2. The number of nitrogens with one attached hydrogen (secondary N) is 2. The minimum atomic E-state index is -0.237. The molecule has 3 heteroatoms. The monoisotopic (exact) mass is 230 g/mol. The molecule has 2 nitrogen and oxygen atoms in total. The second-order valence-electron chi connectivity index (χ2n) is 3.78. The topological polar surface area (TPSA) is 24.1 Å². The molecule has 0 fully saturated rings. The van der Waals surface area contributed by atoms with Crippen molar-refractivity contribution >= 4 is 11.4 Å². The molecule has 0 aliphatic rings. The van der Waals surface area contributed by atoms with E-state index in [1.165, 1.54) is 17.7 Å². The summed E-state index contributed by atoms with van der Waals surface area (Å²) in [5, 5.41) is 6.25. The van der Waals surface area contributed by atoms with Crippen molar-refractivity contribution in [3.8, 4) is 0 Å². The second kappa shape index (κ2) is 5.34. The summed E-state index contributed by atoms with van der Waals surface area (Å²) in [6, 6.07) is 14.7. The molecule has 2 aromatic carbocycles. The van der Waals surface area contributed by atoms with Crippen LogP contribution in [0.4, 0.5) is 15.8 Å². The highest BCUT2D eigenvalue weighted by Gasteiger charge is 2.02. The number of benzene rings is 2. The molecule has 0 radical (unpaired) electrons. The lowest BCUT2D eigenvalue weighted by atomic mass is 10.2. The third-order valence-electron chi connectivity index (χ3n) is 2.58. The fraction of sp³-hybridized carbons (Fsp3) is 0.143. The van der Waals surface area contributed by atoms with Gasteiger partial charge in [-0.25, -0.2) is 4.39 Å². The van der Waals surface area contributed by atoms with Gasteiger partial charge in [0.15, 0.2) is 0 Å². The first-order valence-electron chi connectivity index (χ1n) is 5.54. The zero-order valence-corrected chi connectivity index (χ0v) is 9.70. The predicted molar refractivity (Wildman–Crippen MR) is 69.7 cm³/mol. The number of hydrogen-bond acceptors (Lipinski definition) is 2. The summed E-state index contributed by atoms with van der Waals surface area (Å²) in [7, 11) is 1.82. The van der Waals surface area contributed by atoms with Gasteiger partial charge in [0.2, 0.25) is 0 Å². The van der Waals surface area contributed by atoms with E-state index in [9.17, 15) is 4.39 Å². The molecule has 0 heterocycles. The lowest BCUT2D eigenvalue weighted by Gasteiger charge is -2.11. The van der Waals surface area contributed by atoms with E-state index in [0.29, 0.717) is 6.54 Å². The smallest absolute Gasteiger partial charge is 0.125 e.